The second kappa shape index (κ2) is 7.09. The van der Waals surface area contributed by atoms with Crippen LogP contribution in [0.5, 0.6) is 11.5 Å². The van der Waals surface area contributed by atoms with Crippen LogP contribution in [0.15, 0.2) is 41.5 Å². The Morgan fingerprint density at radius 1 is 1.38 bits per heavy atom. The summed E-state index contributed by atoms with van der Waals surface area (Å²) in [6.45, 7) is 0. The summed E-state index contributed by atoms with van der Waals surface area (Å²) in [5.74, 6) is -1.77. The molecule has 3 N–H and O–H groups in total. The van der Waals surface area contributed by atoms with Crippen molar-refractivity contribution in [1.82, 2.24) is 0 Å². The molecule has 0 fully saturated rings. The van der Waals surface area contributed by atoms with Crippen molar-refractivity contribution < 1.29 is 24.7 Å². The van der Waals surface area contributed by atoms with Crippen LogP contribution in [0, 0.1) is 10.1 Å². The fourth-order valence-corrected chi connectivity index (χ4v) is 1.93. The first-order valence-corrected chi connectivity index (χ1v) is 6.60. The summed E-state index contributed by atoms with van der Waals surface area (Å²) in [5.41, 5.74) is 2.62. The number of nitro groups is 1. The minimum atomic E-state index is -1.12. The number of carboxylic acids is 1. The lowest BCUT2D eigenvalue weighted by molar-refractivity contribution is -0.386. The molecule has 0 aromatic heterocycles. The van der Waals surface area contributed by atoms with Crippen molar-refractivity contribution in [3.8, 4) is 11.5 Å². The Morgan fingerprint density at radius 3 is 2.71 bits per heavy atom. The molecule has 2 rings (SSSR count). The molecule has 2 aromatic carbocycles. The first kappa shape index (κ1) is 16.7. The SMILES string of the molecule is COc1cc(/C=N\Nc2ccccc2C(=O)O)cc([N+](=O)[O-])c1O. The van der Waals surface area contributed by atoms with Gasteiger partial charge in [0, 0.05) is 11.6 Å². The van der Waals surface area contributed by atoms with E-state index >= 15 is 0 Å². The molecule has 0 saturated heterocycles. The van der Waals surface area contributed by atoms with Gasteiger partial charge in [-0.15, -0.1) is 0 Å². The van der Waals surface area contributed by atoms with Gasteiger partial charge in [0.15, 0.2) is 5.75 Å². The third-order valence-electron chi connectivity index (χ3n) is 3.05. The van der Waals surface area contributed by atoms with Crippen molar-refractivity contribution in [2.75, 3.05) is 12.5 Å². The van der Waals surface area contributed by atoms with Gasteiger partial charge in [0.2, 0.25) is 5.75 Å². The first-order chi connectivity index (χ1) is 11.4. The van der Waals surface area contributed by atoms with E-state index in [4.69, 9.17) is 9.84 Å². The van der Waals surface area contributed by atoms with Crippen LogP contribution >= 0.6 is 0 Å². The molecule has 9 nitrogen and oxygen atoms in total. The van der Waals surface area contributed by atoms with E-state index in [0.29, 0.717) is 0 Å². The summed E-state index contributed by atoms with van der Waals surface area (Å²) < 4.78 is 4.88. The number of rotatable bonds is 6. The zero-order valence-corrected chi connectivity index (χ0v) is 12.5. The van der Waals surface area contributed by atoms with Crippen LogP contribution in [0.4, 0.5) is 11.4 Å². The Bertz CT molecular complexity index is 819. The number of anilines is 1. The number of nitrogens with zero attached hydrogens (tertiary/aromatic N) is 2. The number of para-hydroxylation sites is 1. The summed E-state index contributed by atoms with van der Waals surface area (Å²) in [6.07, 6.45) is 1.24. The Labute approximate surface area is 136 Å². The predicted octanol–water partition coefficient (Wildman–Crippen LogP) is 2.45. The number of aromatic hydroxyl groups is 1. The Morgan fingerprint density at radius 2 is 2.08 bits per heavy atom. The van der Waals surface area contributed by atoms with Gasteiger partial charge in [0.1, 0.15) is 0 Å². The zero-order chi connectivity index (χ0) is 17.7. The highest BCUT2D eigenvalue weighted by molar-refractivity contribution is 5.94. The summed E-state index contributed by atoms with van der Waals surface area (Å²) in [4.78, 5) is 21.3. The Balaban J connectivity index is 2.28. The molecule has 0 aliphatic rings. The lowest BCUT2D eigenvalue weighted by Crippen LogP contribution is -2.02. The number of carbonyl (C=O) groups is 1. The molecule has 0 spiro atoms. The molecule has 0 atom stereocenters. The van der Waals surface area contributed by atoms with Crippen molar-refractivity contribution in [1.29, 1.82) is 0 Å². The van der Waals surface area contributed by atoms with Crippen molar-refractivity contribution in [3.63, 3.8) is 0 Å². The standard InChI is InChI=1S/C15H13N3O6/c1-24-13-7-9(6-12(14(13)19)18(22)23)8-16-17-11-5-3-2-4-10(11)15(20)21/h2-8,17,19H,1H3,(H,20,21)/b16-8-. The quantitative estimate of drug-likeness (QED) is 0.420. The predicted molar refractivity (Wildman–Crippen MR) is 85.9 cm³/mol. The third-order valence-corrected chi connectivity index (χ3v) is 3.05. The number of benzene rings is 2. The monoisotopic (exact) mass is 331 g/mol. The number of aromatic carboxylic acids is 1. The number of ether oxygens (including phenoxy) is 1. The summed E-state index contributed by atoms with van der Waals surface area (Å²) in [6, 6.07) is 8.63. The topological polar surface area (TPSA) is 134 Å². The number of nitro benzene ring substituents is 1. The number of methoxy groups -OCH3 is 1. The number of carboxylic acid groups (broad SMARTS) is 1. The van der Waals surface area contributed by atoms with Gasteiger partial charge in [-0.3, -0.25) is 15.5 Å². The van der Waals surface area contributed by atoms with E-state index in [9.17, 15) is 20.0 Å². The van der Waals surface area contributed by atoms with E-state index in [1.807, 2.05) is 0 Å². The minimum Gasteiger partial charge on any atom is -0.500 e. The maximum absolute atomic E-state index is 11.1. The molecule has 0 unspecified atom stereocenters. The van der Waals surface area contributed by atoms with Gasteiger partial charge in [-0.05, 0) is 18.2 Å². The molecule has 0 saturated carbocycles. The normalized spacial score (nSPS) is 10.5. The summed E-state index contributed by atoms with van der Waals surface area (Å²) in [7, 11) is 1.26. The zero-order valence-electron chi connectivity index (χ0n) is 12.5. The average molecular weight is 331 g/mol. The van der Waals surface area contributed by atoms with Gasteiger partial charge >= 0.3 is 11.7 Å². The molecule has 0 heterocycles. The minimum absolute atomic E-state index is 0.0314. The second-order valence-corrected chi connectivity index (χ2v) is 4.57. The molecule has 2 aromatic rings. The molecule has 124 valence electrons. The van der Waals surface area contributed by atoms with Crippen LogP contribution in [0.3, 0.4) is 0 Å². The smallest absolute Gasteiger partial charge is 0.337 e. The average Bonchev–Trinajstić information content (AvgIpc) is 2.56. The highest BCUT2D eigenvalue weighted by Crippen LogP contribution is 2.36. The molecule has 0 bridgehead atoms. The van der Waals surface area contributed by atoms with E-state index in [2.05, 4.69) is 10.5 Å². The lowest BCUT2D eigenvalue weighted by Gasteiger charge is -2.06. The molecule has 0 radical (unpaired) electrons. The van der Waals surface area contributed by atoms with Gasteiger partial charge in [-0.25, -0.2) is 4.79 Å². The molecular formula is C15H13N3O6. The molecule has 0 amide bonds. The Kier molecular flexibility index (Phi) is 4.95. The number of nitrogens with one attached hydrogen (secondary N) is 1. The van der Waals surface area contributed by atoms with Crippen LogP contribution in [0.1, 0.15) is 15.9 Å². The van der Waals surface area contributed by atoms with Gasteiger partial charge < -0.3 is 14.9 Å². The van der Waals surface area contributed by atoms with Crippen molar-refractivity contribution in [2.24, 2.45) is 5.10 Å². The van der Waals surface area contributed by atoms with Crippen LogP contribution < -0.4 is 10.2 Å². The van der Waals surface area contributed by atoms with Crippen molar-refractivity contribution >= 4 is 23.6 Å². The fraction of sp³-hybridized carbons (Fsp3) is 0.0667. The van der Waals surface area contributed by atoms with Gasteiger partial charge in [-0.1, -0.05) is 12.1 Å². The molecule has 9 heteroatoms. The maximum atomic E-state index is 11.1. The van der Waals surface area contributed by atoms with E-state index in [1.165, 1.54) is 31.5 Å². The molecule has 0 aliphatic carbocycles. The van der Waals surface area contributed by atoms with Crippen LogP contribution in [-0.4, -0.2) is 34.4 Å². The van der Waals surface area contributed by atoms with Crippen LogP contribution in [-0.2, 0) is 0 Å². The number of phenols is 1. The highest BCUT2D eigenvalue weighted by atomic mass is 16.6. The first-order valence-electron chi connectivity index (χ1n) is 6.60. The van der Waals surface area contributed by atoms with Crippen LogP contribution in [0.25, 0.3) is 0 Å². The Hall–Kier alpha value is -3.62. The fourth-order valence-electron chi connectivity index (χ4n) is 1.93. The van der Waals surface area contributed by atoms with E-state index < -0.39 is 22.3 Å². The van der Waals surface area contributed by atoms with E-state index in [-0.39, 0.29) is 22.6 Å². The van der Waals surface area contributed by atoms with Gasteiger partial charge in [0.05, 0.1) is 29.5 Å². The third kappa shape index (κ3) is 3.58. The van der Waals surface area contributed by atoms with E-state index in [1.54, 1.807) is 12.1 Å². The van der Waals surface area contributed by atoms with Gasteiger partial charge in [0.25, 0.3) is 0 Å². The molecule has 0 aliphatic heterocycles. The van der Waals surface area contributed by atoms with Crippen molar-refractivity contribution in [2.45, 2.75) is 0 Å². The van der Waals surface area contributed by atoms with Crippen molar-refractivity contribution in [3.05, 3.63) is 57.6 Å². The summed E-state index contributed by atoms with van der Waals surface area (Å²) >= 11 is 0. The number of phenolic OH excluding ortho intramolecular Hbond substituents is 1. The number of hydrazone groups is 1. The largest absolute Gasteiger partial charge is 0.500 e. The lowest BCUT2D eigenvalue weighted by atomic mass is 10.2. The highest BCUT2D eigenvalue weighted by Gasteiger charge is 2.19. The van der Waals surface area contributed by atoms with Crippen LogP contribution in [0.2, 0.25) is 0 Å². The van der Waals surface area contributed by atoms with Gasteiger partial charge in [-0.2, -0.15) is 5.10 Å². The maximum Gasteiger partial charge on any atom is 0.337 e. The van der Waals surface area contributed by atoms with E-state index in [0.717, 1.165) is 6.07 Å². The number of hydrogen-bond acceptors (Lipinski definition) is 7. The second-order valence-electron chi connectivity index (χ2n) is 4.57. The number of hydrogen-bond donors (Lipinski definition) is 3. The molecular weight excluding hydrogens is 318 g/mol. The molecule has 24 heavy (non-hydrogen) atoms. The summed E-state index contributed by atoms with van der Waals surface area (Å²) in [5, 5.41) is 33.5.